The first-order chi connectivity index (χ1) is 10.7. The Kier molecular flexibility index (Phi) is 5.84. The second-order valence-corrected chi connectivity index (χ2v) is 5.44. The Morgan fingerprint density at radius 2 is 1.36 bits per heavy atom. The van der Waals surface area contributed by atoms with E-state index < -0.39 is 6.10 Å². The lowest BCUT2D eigenvalue weighted by molar-refractivity contribution is 0.105. The zero-order valence-corrected chi connectivity index (χ0v) is 13.5. The molecule has 22 heavy (non-hydrogen) atoms. The summed E-state index contributed by atoms with van der Waals surface area (Å²) >= 11 is 0. The van der Waals surface area contributed by atoms with Crippen LogP contribution in [0.25, 0.3) is 0 Å². The standard InChI is InChI=1S/C19H24O3/c1-4-15(13-14-5-9-17(21-2)10-6-14)19(20)16-7-11-18(22-3)12-8-16/h5-12,15,19-20H,4,13H2,1-3H3. The highest BCUT2D eigenvalue weighted by molar-refractivity contribution is 5.30. The Morgan fingerprint density at radius 3 is 1.82 bits per heavy atom. The van der Waals surface area contributed by atoms with Crippen LogP contribution in [0.1, 0.15) is 30.6 Å². The molecule has 3 heteroatoms. The van der Waals surface area contributed by atoms with Crippen LogP contribution in [0.5, 0.6) is 11.5 Å². The van der Waals surface area contributed by atoms with Crippen molar-refractivity contribution in [2.75, 3.05) is 14.2 Å². The molecule has 2 aromatic rings. The van der Waals surface area contributed by atoms with Crippen molar-refractivity contribution in [1.82, 2.24) is 0 Å². The molecule has 0 heterocycles. The minimum atomic E-state index is -0.474. The van der Waals surface area contributed by atoms with Gasteiger partial charge in [0.05, 0.1) is 20.3 Å². The fraction of sp³-hybridized carbons (Fsp3) is 0.368. The van der Waals surface area contributed by atoms with Crippen molar-refractivity contribution in [3.8, 4) is 11.5 Å². The molecule has 2 unspecified atom stereocenters. The van der Waals surface area contributed by atoms with E-state index in [9.17, 15) is 5.11 Å². The summed E-state index contributed by atoms with van der Waals surface area (Å²) in [4.78, 5) is 0. The van der Waals surface area contributed by atoms with Crippen LogP contribution >= 0.6 is 0 Å². The first-order valence-corrected chi connectivity index (χ1v) is 7.62. The lowest BCUT2D eigenvalue weighted by atomic mass is 9.88. The number of methoxy groups -OCH3 is 2. The molecule has 0 bridgehead atoms. The van der Waals surface area contributed by atoms with Gasteiger partial charge >= 0.3 is 0 Å². The molecule has 2 aromatic carbocycles. The van der Waals surface area contributed by atoms with Crippen LogP contribution < -0.4 is 9.47 Å². The van der Waals surface area contributed by atoms with Gasteiger partial charge in [0.15, 0.2) is 0 Å². The Morgan fingerprint density at radius 1 is 0.864 bits per heavy atom. The van der Waals surface area contributed by atoms with E-state index in [1.807, 2.05) is 36.4 Å². The smallest absolute Gasteiger partial charge is 0.118 e. The summed E-state index contributed by atoms with van der Waals surface area (Å²) in [6.45, 7) is 2.11. The number of aliphatic hydroxyl groups is 1. The summed E-state index contributed by atoms with van der Waals surface area (Å²) in [6, 6.07) is 15.7. The molecule has 2 rings (SSSR count). The molecular formula is C19H24O3. The van der Waals surface area contributed by atoms with Crippen LogP contribution in [0.3, 0.4) is 0 Å². The number of benzene rings is 2. The van der Waals surface area contributed by atoms with Gasteiger partial charge in [-0.3, -0.25) is 0 Å². The van der Waals surface area contributed by atoms with Crippen LogP contribution in [0.2, 0.25) is 0 Å². The second-order valence-electron chi connectivity index (χ2n) is 5.44. The highest BCUT2D eigenvalue weighted by Crippen LogP contribution is 2.29. The Labute approximate surface area is 132 Å². The molecule has 3 nitrogen and oxygen atoms in total. The number of hydrogen-bond donors (Lipinski definition) is 1. The zero-order chi connectivity index (χ0) is 15.9. The largest absolute Gasteiger partial charge is 0.497 e. The molecule has 0 saturated carbocycles. The molecule has 0 aliphatic rings. The molecule has 1 N–H and O–H groups in total. The van der Waals surface area contributed by atoms with Gasteiger partial charge in [-0.2, -0.15) is 0 Å². The second kappa shape index (κ2) is 7.85. The lowest BCUT2D eigenvalue weighted by Gasteiger charge is -2.22. The van der Waals surface area contributed by atoms with E-state index in [1.165, 1.54) is 5.56 Å². The van der Waals surface area contributed by atoms with E-state index >= 15 is 0 Å². The first-order valence-electron chi connectivity index (χ1n) is 7.62. The Hall–Kier alpha value is -2.00. The van der Waals surface area contributed by atoms with E-state index in [1.54, 1.807) is 14.2 Å². The first kappa shape index (κ1) is 16.4. The number of hydrogen-bond acceptors (Lipinski definition) is 3. The summed E-state index contributed by atoms with van der Waals surface area (Å²) in [5, 5.41) is 10.6. The minimum Gasteiger partial charge on any atom is -0.497 e. The van der Waals surface area contributed by atoms with Gasteiger partial charge in [-0.05, 0) is 47.7 Å². The van der Waals surface area contributed by atoms with Crippen LogP contribution in [-0.4, -0.2) is 19.3 Å². The number of ether oxygens (including phenoxy) is 2. The Bertz CT molecular complexity index is 560. The fourth-order valence-corrected chi connectivity index (χ4v) is 2.62. The summed E-state index contributed by atoms with van der Waals surface area (Å²) < 4.78 is 10.3. The third-order valence-corrected chi connectivity index (χ3v) is 4.09. The van der Waals surface area contributed by atoms with Crippen LogP contribution in [-0.2, 0) is 6.42 Å². The van der Waals surface area contributed by atoms with Gasteiger partial charge in [-0.1, -0.05) is 37.6 Å². The van der Waals surface area contributed by atoms with Gasteiger partial charge in [-0.25, -0.2) is 0 Å². The zero-order valence-electron chi connectivity index (χ0n) is 13.5. The van der Waals surface area contributed by atoms with E-state index in [4.69, 9.17) is 9.47 Å². The van der Waals surface area contributed by atoms with Crippen molar-refractivity contribution in [3.63, 3.8) is 0 Å². The number of rotatable bonds is 7. The molecule has 0 spiro atoms. The van der Waals surface area contributed by atoms with Crippen molar-refractivity contribution in [1.29, 1.82) is 0 Å². The normalized spacial score (nSPS) is 13.5. The molecule has 0 aliphatic heterocycles. The highest BCUT2D eigenvalue weighted by atomic mass is 16.5. The van der Waals surface area contributed by atoms with Crippen molar-refractivity contribution < 1.29 is 14.6 Å². The summed E-state index contributed by atoms with van der Waals surface area (Å²) in [6.07, 6.45) is 1.28. The maximum absolute atomic E-state index is 10.6. The molecule has 118 valence electrons. The van der Waals surface area contributed by atoms with E-state index in [2.05, 4.69) is 19.1 Å². The van der Waals surface area contributed by atoms with Gasteiger partial charge in [0.1, 0.15) is 11.5 Å². The minimum absolute atomic E-state index is 0.182. The van der Waals surface area contributed by atoms with Crippen LogP contribution in [0.15, 0.2) is 48.5 Å². The molecule has 2 atom stereocenters. The molecular weight excluding hydrogens is 276 g/mol. The topological polar surface area (TPSA) is 38.7 Å². The van der Waals surface area contributed by atoms with Gasteiger partial charge < -0.3 is 14.6 Å². The monoisotopic (exact) mass is 300 g/mol. The Balaban J connectivity index is 2.08. The van der Waals surface area contributed by atoms with Crippen molar-refractivity contribution in [2.24, 2.45) is 5.92 Å². The molecule has 0 aromatic heterocycles. The van der Waals surface area contributed by atoms with Crippen molar-refractivity contribution in [2.45, 2.75) is 25.9 Å². The quantitative estimate of drug-likeness (QED) is 0.840. The van der Waals surface area contributed by atoms with E-state index in [0.29, 0.717) is 0 Å². The predicted molar refractivity (Wildman–Crippen MR) is 88.4 cm³/mol. The van der Waals surface area contributed by atoms with Crippen molar-refractivity contribution >= 4 is 0 Å². The van der Waals surface area contributed by atoms with Gasteiger partial charge in [0.25, 0.3) is 0 Å². The van der Waals surface area contributed by atoms with Crippen LogP contribution in [0.4, 0.5) is 0 Å². The summed E-state index contributed by atoms with van der Waals surface area (Å²) in [5.74, 6) is 1.84. The SMILES string of the molecule is CCC(Cc1ccc(OC)cc1)C(O)c1ccc(OC)cc1. The van der Waals surface area contributed by atoms with Gasteiger partial charge in [-0.15, -0.1) is 0 Å². The molecule has 0 saturated heterocycles. The lowest BCUT2D eigenvalue weighted by Crippen LogP contribution is -2.14. The molecule has 0 radical (unpaired) electrons. The summed E-state index contributed by atoms with van der Waals surface area (Å²) in [7, 11) is 3.31. The average Bonchev–Trinajstić information content (AvgIpc) is 2.59. The van der Waals surface area contributed by atoms with E-state index in [0.717, 1.165) is 29.9 Å². The predicted octanol–water partition coefficient (Wildman–Crippen LogP) is 4.01. The van der Waals surface area contributed by atoms with Gasteiger partial charge in [0, 0.05) is 0 Å². The van der Waals surface area contributed by atoms with Crippen LogP contribution in [0, 0.1) is 5.92 Å². The maximum atomic E-state index is 10.6. The van der Waals surface area contributed by atoms with Gasteiger partial charge in [0.2, 0.25) is 0 Å². The third-order valence-electron chi connectivity index (χ3n) is 4.09. The third kappa shape index (κ3) is 4.01. The molecule has 0 amide bonds. The maximum Gasteiger partial charge on any atom is 0.118 e. The summed E-state index contributed by atoms with van der Waals surface area (Å²) in [5.41, 5.74) is 2.14. The van der Waals surface area contributed by atoms with E-state index in [-0.39, 0.29) is 5.92 Å². The highest BCUT2D eigenvalue weighted by Gasteiger charge is 2.19. The number of aliphatic hydroxyl groups excluding tert-OH is 1. The fourth-order valence-electron chi connectivity index (χ4n) is 2.62. The molecule has 0 fully saturated rings. The average molecular weight is 300 g/mol. The molecule has 0 aliphatic carbocycles. The van der Waals surface area contributed by atoms with Crippen molar-refractivity contribution in [3.05, 3.63) is 59.7 Å².